The highest BCUT2D eigenvalue weighted by Crippen LogP contribution is 2.31. The SMILES string of the molecule is CC1(C)CCCC(O)C1=O. The average molecular weight is 142 g/mol. The number of hydrogen-bond donors (Lipinski definition) is 1. The van der Waals surface area contributed by atoms with E-state index in [0.29, 0.717) is 6.42 Å². The molecule has 1 N–H and O–H groups in total. The van der Waals surface area contributed by atoms with Crippen LogP contribution in [-0.2, 0) is 4.79 Å². The van der Waals surface area contributed by atoms with Crippen LogP contribution in [-0.4, -0.2) is 17.0 Å². The average Bonchev–Trinajstić information content (AvgIpc) is 1.83. The second kappa shape index (κ2) is 2.35. The Morgan fingerprint density at radius 3 is 2.60 bits per heavy atom. The fourth-order valence-corrected chi connectivity index (χ4v) is 1.44. The summed E-state index contributed by atoms with van der Waals surface area (Å²) in [5.74, 6) is 0.0127. The van der Waals surface area contributed by atoms with Gasteiger partial charge in [-0.1, -0.05) is 13.8 Å². The quantitative estimate of drug-likeness (QED) is 0.550. The molecule has 0 amide bonds. The number of Topliss-reactive ketones (excluding diaryl/α,β-unsaturated/α-hetero) is 1. The number of rotatable bonds is 0. The third-order valence-corrected chi connectivity index (χ3v) is 2.25. The fraction of sp³-hybridized carbons (Fsp3) is 0.875. The molecule has 1 aliphatic carbocycles. The van der Waals surface area contributed by atoms with E-state index in [1.54, 1.807) is 0 Å². The van der Waals surface area contributed by atoms with Crippen LogP contribution in [0.3, 0.4) is 0 Å². The highest BCUT2D eigenvalue weighted by atomic mass is 16.3. The van der Waals surface area contributed by atoms with Crippen molar-refractivity contribution in [2.75, 3.05) is 0 Å². The molecule has 2 nitrogen and oxygen atoms in total. The number of carbonyl (C=O) groups is 1. The molecule has 1 atom stereocenters. The van der Waals surface area contributed by atoms with Gasteiger partial charge in [0.05, 0.1) is 0 Å². The van der Waals surface area contributed by atoms with Crippen LogP contribution < -0.4 is 0 Å². The predicted molar refractivity (Wildman–Crippen MR) is 38.6 cm³/mol. The van der Waals surface area contributed by atoms with E-state index in [1.807, 2.05) is 13.8 Å². The molecule has 10 heavy (non-hydrogen) atoms. The van der Waals surface area contributed by atoms with Gasteiger partial charge in [0.15, 0.2) is 5.78 Å². The molecule has 0 radical (unpaired) electrons. The maximum atomic E-state index is 11.2. The van der Waals surface area contributed by atoms with Crippen LogP contribution in [0.15, 0.2) is 0 Å². The first kappa shape index (κ1) is 7.73. The minimum Gasteiger partial charge on any atom is -0.385 e. The lowest BCUT2D eigenvalue weighted by atomic mass is 9.75. The van der Waals surface area contributed by atoms with Gasteiger partial charge in [-0.15, -0.1) is 0 Å². The zero-order valence-electron chi connectivity index (χ0n) is 6.55. The lowest BCUT2D eigenvalue weighted by molar-refractivity contribution is -0.139. The molecule has 1 saturated carbocycles. The number of ketones is 1. The molecule has 1 unspecified atom stereocenters. The smallest absolute Gasteiger partial charge is 0.166 e. The van der Waals surface area contributed by atoms with Crippen LogP contribution in [0.1, 0.15) is 33.1 Å². The molecule has 0 spiro atoms. The lowest BCUT2D eigenvalue weighted by Gasteiger charge is -2.30. The monoisotopic (exact) mass is 142 g/mol. The second-order valence-corrected chi connectivity index (χ2v) is 3.66. The van der Waals surface area contributed by atoms with Crippen LogP contribution in [0, 0.1) is 5.41 Å². The Kier molecular flexibility index (Phi) is 1.82. The molecule has 0 saturated heterocycles. The van der Waals surface area contributed by atoms with Crippen molar-refractivity contribution >= 4 is 5.78 Å². The van der Waals surface area contributed by atoms with Crippen LogP contribution in [0.4, 0.5) is 0 Å². The molecule has 0 aliphatic heterocycles. The minimum absolute atomic E-state index is 0.0127. The normalized spacial score (nSPS) is 32.3. The molecule has 1 fully saturated rings. The lowest BCUT2D eigenvalue weighted by Crippen LogP contribution is -2.38. The van der Waals surface area contributed by atoms with Gasteiger partial charge in [0.2, 0.25) is 0 Å². The summed E-state index contributed by atoms with van der Waals surface area (Å²) in [6.07, 6.45) is 1.86. The zero-order chi connectivity index (χ0) is 7.78. The maximum absolute atomic E-state index is 11.2. The summed E-state index contributed by atoms with van der Waals surface area (Å²) in [5, 5.41) is 9.16. The van der Waals surface area contributed by atoms with Crippen LogP contribution in [0.2, 0.25) is 0 Å². The van der Waals surface area contributed by atoms with Crippen molar-refractivity contribution in [2.45, 2.75) is 39.2 Å². The van der Waals surface area contributed by atoms with Crippen LogP contribution in [0.25, 0.3) is 0 Å². The van der Waals surface area contributed by atoms with Gasteiger partial charge in [-0.25, -0.2) is 0 Å². The first-order chi connectivity index (χ1) is 4.54. The molecule has 0 aromatic rings. The topological polar surface area (TPSA) is 37.3 Å². The Bertz CT molecular complexity index is 149. The van der Waals surface area contributed by atoms with Crippen LogP contribution in [0.5, 0.6) is 0 Å². The summed E-state index contributed by atoms with van der Waals surface area (Å²) in [7, 11) is 0. The van der Waals surface area contributed by atoms with Gasteiger partial charge < -0.3 is 5.11 Å². The fourth-order valence-electron chi connectivity index (χ4n) is 1.44. The van der Waals surface area contributed by atoms with Crippen molar-refractivity contribution in [3.05, 3.63) is 0 Å². The number of hydrogen-bond acceptors (Lipinski definition) is 2. The van der Waals surface area contributed by atoms with E-state index < -0.39 is 6.10 Å². The van der Waals surface area contributed by atoms with E-state index in [1.165, 1.54) is 0 Å². The Labute approximate surface area is 61.2 Å². The van der Waals surface area contributed by atoms with Crippen molar-refractivity contribution in [3.63, 3.8) is 0 Å². The van der Waals surface area contributed by atoms with Crippen molar-refractivity contribution < 1.29 is 9.90 Å². The van der Waals surface area contributed by atoms with Crippen molar-refractivity contribution in [1.82, 2.24) is 0 Å². The van der Waals surface area contributed by atoms with Gasteiger partial charge >= 0.3 is 0 Å². The van der Waals surface area contributed by atoms with E-state index in [2.05, 4.69) is 0 Å². The third kappa shape index (κ3) is 1.21. The first-order valence-electron chi connectivity index (χ1n) is 3.76. The first-order valence-corrected chi connectivity index (χ1v) is 3.76. The second-order valence-electron chi connectivity index (χ2n) is 3.66. The van der Waals surface area contributed by atoms with Gasteiger partial charge in [-0.05, 0) is 19.3 Å². The van der Waals surface area contributed by atoms with E-state index in [4.69, 9.17) is 5.11 Å². The van der Waals surface area contributed by atoms with Gasteiger partial charge in [0.1, 0.15) is 6.10 Å². The molecule has 58 valence electrons. The molecule has 0 aromatic heterocycles. The standard InChI is InChI=1S/C8H14O2/c1-8(2)5-3-4-6(9)7(8)10/h6,9H,3-5H2,1-2H3. The summed E-state index contributed by atoms with van der Waals surface area (Å²) in [5.41, 5.74) is -0.280. The molecule has 1 aliphatic rings. The molecular weight excluding hydrogens is 128 g/mol. The van der Waals surface area contributed by atoms with E-state index >= 15 is 0 Å². The molecule has 1 rings (SSSR count). The third-order valence-electron chi connectivity index (χ3n) is 2.25. The molecule has 2 heteroatoms. The van der Waals surface area contributed by atoms with E-state index in [0.717, 1.165) is 12.8 Å². The molecule has 0 aromatic carbocycles. The maximum Gasteiger partial charge on any atom is 0.166 e. The Hall–Kier alpha value is -0.370. The van der Waals surface area contributed by atoms with Gasteiger partial charge in [-0.2, -0.15) is 0 Å². The largest absolute Gasteiger partial charge is 0.385 e. The summed E-state index contributed by atoms with van der Waals surface area (Å²) in [4.78, 5) is 11.2. The number of aliphatic hydroxyl groups excluding tert-OH is 1. The van der Waals surface area contributed by atoms with Crippen LogP contribution >= 0.6 is 0 Å². The van der Waals surface area contributed by atoms with Crippen molar-refractivity contribution in [3.8, 4) is 0 Å². The highest BCUT2D eigenvalue weighted by Gasteiger charge is 2.35. The Morgan fingerprint density at radius 1 is 1.60 bits per heavy atom. The van der Waals surface area contributed by atoms with Crippen molar-refractivity contribution in [1.29, 1.82) is 0 Å². The minimum atomic E-state index is -0.691. The predicted octanol–water partition coefficient (Wildman–Crippen LogP) is 1.13. The zero-order valence-corrected chi connectivity index (χ0v) is 6.55. The van der Waals surface area contributed by atoms with Gasteiger partial charge in [0.25, 0.3) is 0 Å². The Morgan fingerprint density at radius 2 is 2.20 bits per heavy atom. The molecular formula is C8H14O2. The summed E-state index contributed by atoms with van der Waals surface area (Å²) in [6.45, 7) is 3.80. The molecule has 0 bridgehead atoms. The van der Waals surface area contributed by atoms with Gasteiger partial charge in [0, 0.05) is 5.41 Å². The summed E-state index contributed by atoms with van der Waals surface area (Å²) < 4.78 is 0. The highest BCUT2D eigenvalue weighted by molar-refractivity contribution is 5.88. The van der Waals surface area contributed by atoms with Gasteiger partial charge in [-0.3, -0.25) is 4.79 Å². The van der Waals surface area contributed by atoms with E-state index in [-0.39, 0.29) is 11.2 Å². The number of aliphatic hydroxyl groups is 1. The number of carbonyl (C=O) groups excluding carboxylic acids is 1. The Balaban J connectivity index is 2.70. The van der Waals surface area contributed by atoms with E-state index in [9.17, 15) is 4.79 Å². The molecule has 0 heterocycles. The summed E-state index contributed by atoms with van der Waals surface area (Å²) >= 11 is 0. The van der Waals surface area contributed by atoms with Crippen molar-refractivity contribution in [2.24, 2.45) is 5.41 Å². The summed E-state index contributed by atoms with van der Waals surface area (Å²) in [6, 6.07) is 0.